The molecule has 2 amide bonds. The van der Waals surface area contributed by atoms with Crippen LogP contribution in [0.15, 0.2) is 46.7 Å². The minimum atomic E-state index is -1.16. The first-order chi connectivity index (χ1) is 18.7. The number of hydrogen-bond donors (Lipinski definition) is 4. The molecular weight excluding hydrogens is 551 g/mol. The molecule has 4 N–H and O–H groups in total. The number of carbonyl (C=O) groups is 2. The molecule has 0 saturated heterocycles. The predicted molar refractivity (Wildman–Crippen MR) is 147 cm³/mol. The van der Waals surface area contributed by atoms with Gasteiger partial charge in [-0.25, -0.2) is 9.59 Å². The van der Waals surface area contributed by atoms with Crippen LogP contribution in [-0.2, 0) is 9.53 Å². The number of aliphatic hydroxyl groups excluding tert-OH is 1. The molecule has 2 atom stereocenters. The van der Waals surface area contributed by atoms with Crippen molar-refractivity contribution in [2.24, 2.45) is 5.10 Å². The number of urea groups is 1. The Morgan fingerprint density at radius 2 is 1.82 bits per heavy atom. The minimum absolute atomic E-state index is 0.169. The third-order valence-corrected chi connectivity index (χ3v) is 5.98. The molecule has 39 heavy (non-hydrogen) atoms. The Kier molecular flexibility index (Phi) is 10.7. The number of benzene rings is 2. The number of hydrogen-bond acceptors (Lipinski definition) is 9. The van der Waals surface area contributed by atoms with Gasteiger partial charge in [0.1, 0.15) is 6.61 Å². The van der Waals surface area contributed by atoms with Crippen LogP contribution >= 0.6 is 23.2 Å². The van der Waals surface area contributed by atoms with Crippen molar-refractivity contribution in [2.45, 2.75) is 33.0 Å². The van der Waals surface area contributed by atoms with Crippen molar-refractivity contribution in [3.63, 3.8) is 0 Å². The van der Waals surface area contributed by atoms with E-state index >= 15 is 0 Å². The quantitative estimate of drug-likeness (QED) is 0.128. The first kappa shape index (κ1) is 29.9. The Balaban J connectivity index is 1.69. The molecule has 1 aliphatic heterocycles. The van der Waals surface area contributed by atoms with Crippen molar-refractivity contribution in [3.05, 3.63) is 62.8 Å². The Bertz CT molecular complexity index is 1250. The second-order valence-electron chi connectivity index (χ2n) is 8.16. The van der Waals surface area contributed by atoms with Gasteiger partial charge in [0.05, 0.1) is 48.2 Å². The van der Waals surface area contributed by atoms with Crippen LogP contribution in [0.5, 0.6) is 17.2 Å². The summed E-state index contributed by atoms with van der Waals surface area (Å²) >= 11 is 12.4. The Morgan fingerprint density at radius 3 is 2.46 bits per heavy atom. The fourth-order valence-corrected chi connectivity index (χ4v) is 4.37. The number of ether oxygens (including phenoxy) is 4. The van der Waals surface area contributed by atoms with E-state index in [1.165, 1.54) is 13.3 Å². The zero-order chi connectivity index (χ0) is 28.5. The van der Waals surface area contributed by atoms with Gasteiger partial charge < -0.3 is 34.7 Å². The summed E-state index contributed by atoms with van der Waals surface area (Å²) in [5.41, 5.74) is 4.39. The third-order valence-electron chi connectivity index (χ3n) is 5.42. The molecule has 3 rings (SSSR count). The second-order valence-corrected chi connectivity index (χ2v) is 8.98. The number of halogens is 2. The Labute approximate surface area is 236 Å². The van der Waals surface area contributed by atoms with Crippen LogP contribution in [0.3, 0.4) is 0 Å². The number of aliphatic hydroxyl groups is 1. The molecule has 0 saturated carbocycles. The number of allylic oxidation sites excluding steroid dienone is 1. The lowest BCUT2D eigenvalue weighted by molar-refractivity contribution is -0.136. The maximum Gasteiger partial charge on any atom is 0.337 e. The van der Waals surface area contributed by atoms with Crippen LogP contribution in [0, 0.1) is 0 Å². The van der Waals surface area contributed by atoms with Gasteiger partial charge in [0.15, 0.2) is 23.5 Å². The van der Waals surface area contributed by atoms with Crippen molar-refractivity contribution in [1.29, 1.82) is 0 Å². The molecule has 1 aliphatic rings. The van der Waals surface area contributed by atoms with Gasteiger partial charge in [-0.15, -0.1) is 0 Å². The van der Waals surface area contributed by atoms with Gasteiger partial charge in [0.25, 0.3) is 0 Å². The molecule has 0 unspecified atom stereocenters. The minimum Gasteiger partial charge on any atom is -0.491 e. The van der Waals surface area contributed by atoms with Crippen LogP contribution in [-0.4, -0.2) is 56.5 Å². The highest BCUT2D eigenvalue weighted by molar-refractivity contribution is 6.37. The summed E-state index contributed by atoms with van der Waals surface area (Å²) in [4.78, 5) is 24.5. The average molecular weight is 581 g/mol. The fourth-order valence-electron chi connectivity index (χ4n) is 3.76. The van der Waals surface area contributed by atoms with Gasteiger partial charge in [-0.3, -0.25) is 5.43 Å². The van der Waals surface area contributed by atoms with E-state index in [0.717, 1.165) is 0 Å². The highest BCUT2D eigenvalue weighted by Crippen LogP contribution is 2.35. The van der Waals surface area contributed by atoms with Crippen LogP contribution < -0.4 is 30.3 Å². The number of nitrogens with one attached hydrogen (secondary N) is 3. The van der Waals surface area contributed by atoms with E-state index < -0.39 is 24.3 Å². The molecule has 1 heterocycles. The zero-order valence-corrected chi connectivity index (χ0v) is 23.4. The molecular formula is C26H30Cl2N4O7. The summed E-state index contributed by atoms with van der Waals surface area (Å²) in [6, 6.07) is 7.02. The second kappa shape index (κ2) is 13.9. The number of rotatable bonds is 12. The molecule has 2 aromatic rings. The van der Waals surface area contributed by atoms with Gasteiger partial charge in [0.2, 0.25) is 0 Å². The maximum absolute atomic E-state index is 12.4. The summed E-state index contributed by atoms with van der Waals surface area (Å²) in [6.07, 6.45) is 0.281. The molecule has 13 heteroatoms. The molecule has 0 spiro atoms. The molecule has 210 valence electrons. The van der Waals surface area contributed by atoms with Crippen molar-refractivity contribution >= 4 is 41.4 Å². The highest BCUT2D eigenvalue weighted by Gasteiger charge is 2.32. The van der Waals surface area contributed by atoms with E-state index in [4.69, 9.17) is 42.1 Å². The lowest BCUT2D eigenvalue weighted by atomic mass is 9.95. The SMILES string of the molecule is CCOc1cc([C@H]2NC(=O)NC(C)=C2C(=O)OC)ccc1OC[C@H](O)N/N=C\c1cc(Cl)c(OCC)c(Cl)c1. The van der Waals surface area contributed by atoms with Crippen molar-refractivity contribution < 1.29 is 33.6 Å². The molecule has 0 fully saturated rings. The normalized spacial score (nSPS) is 15.9. The van der Waals surface area contributed by atoms with Crippen molar-refractivity contribution in [3.8, 4) is 17.2 Å². The van der Waals surface area contributed by atoms with Crippen molar-refractivity contribution in [1.82, 2.24) is 16.1 Å². The Hall–Kier alpha value is -3.67. The van der Waals surface area contributed by atoms with E-state index in [0.29, 0.717) is 57.3 Å². The molecule has 0 bridgehead atoms. The third kappa shape index (κ3) is 7.69. The molecule has 11 nitrogen and oxygen atoms in total. The summed E-state index contributed by atoms with van der Waals surface area (Å²) < 4.78 is 21.7. The van der Waals surface area contributed by atoms with Crippen LogP contribution in [0.4, 0.5) is 4.79 Å². The zero-order valence-electron chi connectivity index (χ0n) is 21.8. The van der Waals surface area contributed by atoms with Crippen molar-refractivity contribution in [2.75, 3.05) is 26.9 Å². The maximum atomic E-state index is 12.4. The smallest absolute Gasteiger partial charge is 0.337 e. The van der Waals surface area contributed by atoms with Gasteiger partial charge in [0, 0.05) is 5.70 Å². The number of amides is 2. The molecule has 0 radical (unpaired) electrons. The number of hydrazone groups is 1. The van der Waals surface area contributed by atoms with Gasteiger partial charge >= 0.3 is 12.0 Å². The van der Waals surface area contributed by atoms with E-state index in [9.17, 15) is 14.7 Å². The first-order valence-corrected chi connectivity index (χ1v) is 12.8. The largest absolute Gasteiger partial charge is 0.491 e. The number of methoxy groups -OCH3 is 1. The topological polar surface area (TPSA) is 140 Å². The molecule has 0 aromatic heterocycles. The highest BCUT2D eigenvalue weighted by atomic mass is 35.5. The Morgan fingerprint density at radius 1 is 1.13 bits per heavy atom. The predicted octanol–water partition coefficient (Wildman–Crippen LogP) is 3.91. The number of esters is 1. The van der Waals surface area contributed by atoms with Crippen LogP contribution in [0.2, 0.25) is 10.0 Å². The monoisotopic (exact) mass is 580 g/mol. The average Bonchev–Trinajstić information content (AvgIpc) is 2.89. The fraction of sp³-hybridized carbons (Fsp3) is 0.346. The van der Waals surface area contributed by atoms with E-state index in [2.05, 4.69) is 21.2 Å². The summed E-state index contributed by atoms with van der Waals surface area (Å²) in [5.74, 6) is 0.522. The number of carbonyl (C=O) groups excluding carboxylic acids is 2. The lowest BCUT2D eigenvalue weighted by Gasteiger charge is -2.28. The summed E-state index contributed by atoms with van der Waals surface area (Å²) in [5, 5.41) is 20.3. The standard InChI is InChI=1S/C26H30Cl2N4O7/c1-5-37-20-11-16(23-22(25(34)36-4)14(3)30-26(35)31-23)7-8-19(20)39-13-21(33)32-29-12-15-9-17(27)24(38-6-2)18(28)10-15/h7-12,21,23,32-33H,5-6,13H2,1-4H3,(H2,30,31,35)/b29-12-/t21-,23+/m0/s1. The number of nitrogens with zero attached hydrogens (tertiary/aromatic N) is 1. The van der Waals surface area contributed by atoms with E-state index in [1.54, 1.807) is 44.2 Å². The van der Waals surface area contributed by atoms with E-state index in [-0.39, 0.29) is 12.2 Å². The van der Waals surface area contributed by atoms with Gasteiger partial charge in [-0.05, 0) is 56.2 Å². The first-order valence-electron chi connectivity index (χ1n) is 12.0. The molecule has 0 aliphatic carbocycles. The summed E-state index contributed by atoms with van der Waals surface area (Å²) in [7, 11) is 1.27. The summed E-state index contributed by atoms with van der Waals surface area (Å²) in [6.45, 7) is 5.84. The van der Waals surface area contributed by atoms with Gasteiger partial charge in [-0.1, -0.05) is 29.3 Å². The van der Waals surface area contributed by atoms with Crippen LogP contribution in [0.25, 0.3) is 0 Å². The lowest BCUT2D eigenvalue weighted by Crippen LogP contribution is -2.45. The van der Waals surface area contributed by atoms with Crippen LogP contribution in [0.1, 0.15) is 37.9 Å². The van der Waals surface area contributed by atoms with E-state index in [1.807, 2.05) is 6.92 Å². The van der Waals surface area contributed by atoms with Gasteiger partial charge in [-0.2, -0.15) is 5.10 Å². The molecule has 2 aromatic carbocycles.